The number of halogens is 1. The van der Waals surface area contributed by atoms with Gasteiger partial charge in [0, 0.05) is 11.3 Å². The number of benzene rings is 2. The monoisotopic (exact) mass is 401 g/mol. The zero-order chi connectivity index (χ0) is 20.3. The smallest absolute Gasteiger partial charge is 0.264 e. The summed E-state index contributed by atoms with van der Waals surface area (Å²) in [6, 6.07) is 12.6. The molecule has 0 atom stereocenters. The summed E-state index contributed by atoms with van der Waals surface area (Å²) in [4.78, 5) is 16.3. The predicted molar refractivity (Wildman–Crippen MR) is 108 cm³/mol. The van der Waals surface area contributed by atoms with Gasteiger partial charge in [-0.15, -0.1) is 0 Å². The normalized spacial score (nSPS) is 16.9. The molecule has 0 fully saturated rings. The number of anilines is 1. The molecule has 2 aromatic rings. The van der Waals surface area contributed by atoms with Crippen molar-refractivity contribution in [1.29, 1.82) is 0 Å². The summed E-state index contributed by atoms with van der Waals surface area (Å²) in [7, 11) is -3.82. The SMILES string of the molecule is CCc1cccc(NC(=O)CN=C2NS(=O)(=O)C(c3ccc(F)cc3)=C2C)c1. The van der Waals surface area contributed by atoms with Crippen molar-refractivity contribution in [2.24, 2.45) is 4.99 Å². The lowest BCUT2D eigenvalue weighted by atomic mass is 10.1. The Bertz CT molecular complexity index is 1070. The Morgan fingerprint density at radius 1 is 1.18 bits per heavy atom. The van der Waals surface area contributed by atoms with Gasteiger partial charge in [-0.1, -0.05) is 31.2 Å². The quantitative estimate of drug-likeness (QED) is 0.807. The van der Waals surface area contributed by atoms with Crippen LogP contribution in [-0.2, 0) is 21.2 Å². The summed E-state index contributed by atoms with van der Waals surface area (Å²) >= 11 is 0. The minimum atomic E-state index is -3.82. The maximum atomic E-state index is 13.1. The van der Waals surface area contributed by atoms with Crippen LogP contribution in [0.5, 0.6) is 0 Å². The maximum Gasteiger partial charge on any atom is 0.264 e. The molecule has 0 saturated heterocycles. The van der Waals surface area contributed by atoms with Crippen LogP contribution in [0.3, 0.4) is 0 Å². The summed E-state index contributed by atoms with van der Waals surface area (Å²) in [5.41, 5.74) is 2.50. The highest BCUT2D eigenvalue weighted by Crippen LogP contribution is 2.29. The second-order valence-electron chi connectivity index (χ2n) is 6.33. The number of carbonyl (C=O) groups excluding carboxylic acids is 1. The van der Waals surface area contributed by atoms with Crippen LogP contribution in [0.4, 0.5) is 10.1 Å². The van der Waals surface area contributed by atoms with E-state index in [-0.39, 0.29) is 23.2 Å². The minimum Gasteiger partial charge on any atom is -0.324 e. The zero-order valence-corrected chi connectivity index (χ0v) is 16.3. The predicted octanol–water partition coefficient (Wildman–Crippen LogP) is 3.09. The average Bonchev–Trinajstić information content (AvgIpc) is 2.89. The second-order valence-corrected chi connectivity index (χ2v) is 7.95. The number of aliphatic imine (C=N–C) groups is 1. The molecule has 0 aliphatic carbocycles. The van der Waals surface area contributed by atoms with Crippen LogP contribution in [0.2, 0.25) is 0 Å². The highest BCUT2D eigenvalue weighted by Gasteiger charge is 2.32. The Labute approximate surface area is 163 Å². The van der Waals surface area contributed by atoms with Gasteiger partial charge in [-0.05, 0) is 48.7 Å². The molecule has 3 rings (SSSR count). The zero-order valence-electron chi connectivity index (χ0n) is 15.5. The van der Waals surface area contributed by atoms with Gasteiger partial charge in [0.05, 0.1) is 0 Å². The topological polar surface area (TPSA) is 87.6 Å². The van der Waals surface area contributed by atoms with E-state index in [1.165, 1.54) is 24.3 Å². The summed E-state index contributed by atoms with van der Waals surface area (Å²) < 4.78 is 40.3. The Morgan fingerprint density at radius 3 is 2.57 bits per heavy atom. The number of amides is 1. The second kappa shape index (κ2) is 7.93. The van der Waals surface area contributed by atoms with E-state index in [1.807, 2.05) is 25.1 Å². The minimum absolute atomic E-state index is 0.0299. The van der Waals surface area contributed by atoms with Gasteiger partial charge in [0.1, 0.15) is 23.1 Å². The van der Waals surface area contributed by atoms with E-state index in [9.17, 15) is 17.6 Å². The van der Waals surface area contributed by atoms with Crippen molar-refractivity contribution in [3.05, 3.63) is 71.0 Å². The number of amidine groups is 1. The highest BCUT2D eigenvalue weighted by atomic mass is 32.2. The largest absolute Gasteiger partial charge is 0.324 e. The molecule has 146 valence electrons. The average molecular weight is 401 g/mol. The standard InChI is InChI=1S/C20H20FN3O3S/c1-3-14-5-4-6-17(11-14)23-18(25)12-22-20-13(2)19(28(26,27)24-20)15-7-9-16(21)10-8-15/h4-11H,3,12H2,1-2H3,(H,22,24)(H,23,25). The van der Waals surface area contributed by atoms with E-state index < -0.39 is 15.8 Å². The molecule has 2 aromatic carbocycles. The van der Waals surface area contributed by atoms with E-state index >= 15 is 0 Å². The van der Waals surface area contributed by atoms with Crippen molar-refractivity contribution in [2.45, 2.75) is 20.3 Å². The lowest BCUT2D eigenvalue weighted by molar-refractivity contribution is -0.114. The molecule has 8 heteroatoms. The van der Waals surface area contributed by atoms with Crippen molar-refractivity contribution < 1.29 is 17.6 Å². The third kappa shape index (κ3) is 4.28. The molecule has 0 aromatic heterocycles. The lowest BCUT2D eigenvalue weighted by Crippen LogP contribution is -2.25. The number of rotatable bonds is 5. The van der Waals surface area contributed by atoms with Crippen molar-refractivity contribution >= 4 is 32.4 Å². The van der Waals surface area contributed by atoms with Crippen LogP contribution in [0.15, 0.2) is 59.1 Å². The van der Waals surface area contributed by atoms with Gasteiger partial charge in [-0.2, -0.15) is 0 Å². The highest BCUT2D eigenvalue weighted by molar-refractivity contribution is 8.00. The molecule has 0 spiro atoms. The number of sulfonamides is 1. The molecule has 0 saturated carbocycles. The van der Waals surface area contributed by atoms with Crippen molar-refractivity contribution in [3.63, 3.8) is 0 Å². The molecule has 1 aliphatic rings. The molecule has 0 unspecified atom stereocenters. The number of nitrogens with one attached hydrogen (secondary N) is 2. The third-order valence-electron chi connectivity index (χ3n) is 4.30. The maximum absolute atomic E-state index is 13.1. The summed E-state index contributed by atoms with van der Waals surface area (Å²) in [5.74, 6) is -0.706. The number of hydrogen-bond acceptors (Lipinski definition) is 4. The molecule has 2 N–H and O–H groups in total. The Balaban J connectivity index is 1.78. The molecule has 1 heterocycles. The van der Waals surface area contributed by atoms with Crippen LogP contribution in [0, 0.1) is 5.82 Å². The lowest BCUT2D eigenvalue weighted by Gasteiger charge is -2.06. The van der Waals surface area contributed by atoms with Gasteiger partial charge in [-0.3, -0.25) is 14.5 Å². The first kappa shape index (κ1) is 19.8. The van der Waals surface area contributed by atoms with E-state index in [2.05, 4.69) is 15.0 Å². The fourth-order valence-electron chi connectivity index (χ4n) is 2.91. The van der Waals surface area contributed by atoms with E-state index in [0.29, 0.717) is 16.8 Å². The third-order valence-corrected chi connectivity index (χ3v) is 5.84. The molecular formula is C20H20FN3O3S. The fraction of sp³-hybridized carbons (Fsp3) is 0.200. The summed E-state index contributed by atoms with van der Waals surface area (Å²) in [6.07, 6.45) is 0.851. The number of carbonyl (C=O) groups is 1. The summed E-state index contributed by atoms with van der Waals surface area (Å²) in [5, 5.41) is 2.74. The first-order chi connectivity index (χ1) is 13.3. The number of nitrogens with zero attached hydrogens (tertiary/aromatic N) is 1. The Morgan fingerprint density at radius 2 is 1.89 bits per heavy atom. The van der Waals surface area contributed by atoms with Crippen molar-refractivity contribution in [2.75, 3.05) is 11.9 Å². The molecule has 1 aliphatic heterocycles. The Kier molecular flexibility index (Phi) is 5.60. The van der Waals surface area contributed by atoms with E-state index in [4.69, 9.17) is 0 Å². The van der Waals surface area contributed by atoms with Crippen LogP contribution in [-0.4, -0.2) is 26.7 Å². The van der Waals surface area contributed by atoms with E-state index in [1.54, 1.807) is 13.0 Å². The molecule has 28 heavy (non-hydrogen) atoms. The molecule has 0 bridgehead atoms. The van der Waals surface area contributed by atoms with Gasteiger partial charge in [0.25, 0.3) is 10.0 Å². The van der Waals surface area contributed by atoms with Crippen LogP contribution >= 0.6 is 0 Å². The first-order valence-corrected chi connectivity index (χ1v) is 10.2. The van der Waals surface area contributed by atoms with Gasteiger partial charge < -0.3 is 5.32 Å². The molecule has 0 radical (unpaired) electrons. The Hall–Kier alpha value is -3.00. The molecule has 1 amide bonds. The summed E-state index contributed by atoms with van der Waals surface area (Å²) in [6.45, 7) is 3.38. The van der Waals surface area contributed by atoms with Gasteiger partial charge >= 0.3 is 0 Å². The number of hydrogen-bond donors (Lipinski definition) is 2. The van der Waals surface area contributed by atoms with Gasteiger partial charge in [0.15, 0.2) is 0 Å². The van der Waals surface area contributed by atoms with E-state index in [0.717, 1.165) is 12.0 Å². The number of aryl methyl sites for hydroxylation is 1. The van der Waals surface area contributed by atoms with Gasteiger partial charge in [0.2, 0.25) is 5.91 Å². The fourth-order valence-corrected chi connectivity index (χ4v) is 4.43. The molecule has 6 nitrogen and oxygen atoms in total. The van der Waals surface area contributed by atoms with Crippen LogP contribution in [0.1, 0.15) is 25.0 Å². The van der Waals surface area contributed by atoms with Crippen LogP contribution < -0.4 is 10.0 Å². The van der Waals surface area contributed by atoms with Gasteiger partial charge in [-0.25, -0.2) is 12.8 Å². The van der Waals surface area contributed by atoms with Crippen LogP contribution in [0.25, 0.3) is 4.91 Å². The molecular weight excluding hydrogens is 381 g/mol. The van der Waals surface area contributed by atoms with Crippen molar-refractivity contribution in [1.82, 2.24) is 4.72 Å². The van der Waals surface area contributed by atoms with Crippen molar-refractivity contribution in [3.8, 4) is 0 Å². The first-order valence-electron chi connectivity index (χ1n) is 8.73.